The number of ether oxygens (including phenoxy) is 1. The number of likely N-dealkylation sites (tertiary alicyclic amines) is 1. The Balaban J connectivity index is 1.45. The van der Waals surface area contributed by atoms with Gasteiger partial charge in [0.05, 0.1) is 6.10 Å². The van der Waals surface area contributed by atoms with Gasteiger partial charge in [-0.25, -0.2) is 0 Å². The molecule has 0 amide bonds. The fourth-order valence-electron chi connectivity index (χ4n) is 3.66. The van der Waals surface area contributed by atoms with Crippen LogP contribution in [-0.4, -0.2) is 54.7 Å². The molecule has 1 aliphatic rings. The van der Waals surface area contributed by atoms with Gasteiger partial charge in [0.25, 0.3) is 0 Å². The highest BCUT2D eigenvalue weighted by Crippen LogP contribution is 2.18. The molecule has 3 rings (SSSR count). The molecule has 0 bridgehead atoms. The van der Waals surface area contributed by atoms with Crippen molar-refractivity contribution in [2.75, 3.05) is 39.8 Å². The summed E-state index contributed by atoms with van der Waals surface area (Å²) in [5.41, 5.74) is 2.16. The molecule has 1 saturated heterocycles. The zero-order valence-corrected chi connectivity index (χ0v) is 16.4. The van der Waals surface area contributed by atoms with Gasteiger partial charge in [0.1, 0.15) is 12.4 Å². The summed E-state index contributed by atoms with van der Waals surface area (Å²) < 4.78 is 5.97. The first kappa shape index (κ1) is 19.9. The van der Waals surface area contributed by atoms with E-state index in [2.05, 4.69) is 21.9 Å². The van der Waals surface area contributed by atoms with Gasteiger partial charge in [0.2, 0.25) is 0 Å². The first-order chi connectivity index (χ1) is 13.2. The maximum absolute atomic E-state index is 10.4. The second-order valence-corrected chi connectivity index (χ2v) is 7.52. The Morgan fingerprint density at radius 1 is 1.04 bits per heavy atom. The number of likely N-dealkylation sites (N-methyl/N-ethyl adjacent to an activating group) is 1. The van der Waals surface area contributed by atoms with Crippen molar-refractivity contribution >= 4 is 0 Å². The standard InChI is InChI=1S/C23H32N2O2/c1-24(19-23(26)21-10-4-2-5-11-21)18-20-9-8-12-22(17-20)27-16-15-25-13-6-3-7-14-25/h2,4-5,8-12,17,23,26H,3,6-7,13-16,18-19H2,1H3/t23-/m1/s1. The van der Waals surface area contributed by atoms with Crippen molar-refractivity contribution in [3.05, 3.63) is 65.7 Å². The van der Waals surface area contributed by atoms with Crippen molar-refractivity contribution in [1.82, 2.24) is 9.80 Å². The number of rotatable bonds is 9. The van der Waals surface area contributed by atoms with Crippen molar-refractivity contribution in [1.29, 1.82) is 0 Å². The summed E-state index contributed by atoms with van der Waals surface area (Å²) in [5.74, 6) is 0.932. The largest absolute Gasteiger partial charge is 0.492 e. The number of piperidine rings is 1. The Labute approximate surface area is 163 Å². The number of aliphatic hydroxyl groups excluding tert-OH is 1. The number of benzene rings is 2. The first-order valence-electron chi connectivity index (χ1n) is 10.1. The summed E-state index contributed by atoms with van der Waals surface area (Å²) >= 11 is 0. The van der Waals surface area contributed by atoms with Crippen LogP contribution in [0.5, 0.6) is 5.75 Å². The van der Waals surface area contributed by atoms with E-state index in [0.29, 0.717) is 6.54 Å². The second-order valence-electron chi connectivity index (χ2n) is 7.52. The summed E-state index contributed by atoms with van der Waals surface area (Å²) in [7, 11) is 2.04. The van der Waals surface area contributed by atoms with Crippen molar-refractivity contribution in [3.8, 4) is 5.75 Å². The minimum atomic E-state index is -0.472. The Bertz CT molecular complexity index is 671. The summed E-state index contributed by atoms with van der Waals surface area (Å²) in [6.45, 7) is 5.55. The van der Waals surface area contributed by atoms with Crippen LogP contribution in [-0.2, 0) is 6.54 Å². The lowest BCUT2D eigenvalue weighted by atomic mass is 10.1. The second kappa shape index (κ2) is 10.5. The molecule has 1 fully saturated rings. The molecule has 0 saturated carbocycles. The summed E-state index contributed by atoms with van der Waals surface area (Å²) in [6, 6.07) is 18.1. The van der Waals surface area contributed by atoms with Crippen LogP contribution in [0.1, 0.15) is 36.5 Å². The number of hydrogen-bond donors (Lipinski definition) is 1. The van der Waals surface area contributed by atoms with Crippen LogP contribution in [0.3, 0.4) is 0 Å². The minimum absolute atomic E-state index is 0.472. The maximum atomic E-state index is 10.4. The van der Waals surface area contributed by atoms with Crippen LogP contribution in [0.2, 0.25) is 0 Å². The maximum Gasteiger partial charge on any atom is 0.119 e. The van der Waals surface area contributed by atoms with E-state index < -0.39 is 6.10 Å². The van der Waals surface area contributed by atoms with Crippen LogP contribution in [0.4, 0.5) is 0 Å². The predicted molar refractivity (Wildman–Crippen MR) is 110 cm³/mol. The Kier molecular flexibility index (Phi) is 7.69. The van der Waals surface area contributed by atoms with Gasteiger partial charge in [-0.1, -0.05) is 48.9 Å². The Morgan fingerprint density at radius 2 is 1.81 bits per heavy atom. The van der Waals surface area contributed by atoms with Crippen molar-refractivity contribution in [2.45, 2.75) is 31.9 Å². The van der Waals surface area contributed by atoms with Gasteiger partial charge in [0.15, 0.2) is 0 Å². The van der Waals surface area contributed by atoms with Crippen LogP contribution in [0.25, 0.3) is 0 Å². The molecule has 0 unspecified atom stereocenters. The third-order valence-electron chi connectivity index (χ3n) is 5.14. The molecule has 1 N–H and O–H groups in total. The van der Waals surface area contributed by atoms with Gasteiger partial charge in [0, 0.05) is 19.6 Å². The van der Waals surface area contributed by atoms with E-state index in [4.69, 9.17) is 4.74 Å². The van der Waals surface area contributed by atoms with Crippen molar-refractivity contribution in [2.24, 2.45) is 0 Å². The average Bonchev–Trinajstić information content (AvgIpc) is 2.70. The van der Waals surface area contributed by atoms with Gasteiger partial charge in [-0.05, 0) is 56.2 Å². The molecular formula is C23H32N2O2. The van der Waals surface area contributed by atoms with Crippen LogP contribution >= 0.6 is 0 Å². The van der Waals surface area contributed by atoms with E-state index in [-0.39, 0.29) is 0 Å². The summed E-state index contributed by atoms with van der Waals surface area (Å²) in [5, 5.41) is 10.4. The molecule has 1 atom stereocenters. The molecular weight excluding hydrogens is 336 g/mol. The lowest BCUT2D eigenvalue weighted by Gasteiger charge is -2.26. The van der Waals surface area contributed by atoms with Gasteiger partial charge in [-0.3, -0.25) is 9.80 Å². The Morgan fingerprint density at radius 3 is 2.59 bits per heavy atom. The highest BCUT2D eigenvalue weighted by molar-refractivity contribution is 5.28. The number of aliphatic hydroxyl groups is 1. The molecule has 2 aromatic rings. The van der Waals surface area contributed by atoms with Crippen LogP contribution < -0.4 is 4.74 Å². The smallest absolute Gasteiger partial charge is 0.119 e. The highest BCUT2D eigenvalue weighted by Gasteiger charge is 2.12. The zero-order valence-electron chi connectivity index (χ0n) is 16.4. The zero-order chi connectivity index (χ0) is 18.9. The van der Waals surface area contributed by atoms with Gasteiger partial charge in [-0.2, -0.15) is 0 Å². The van der Waals surface area contributed by atoms with E-state index >= 15 is 0 Å². The SMILES string of the molecule is CN(Cc1cccc(OCCN2CCCCC2)c1)C[C@@H](O)c1ccccc1. The molecule has 4 nitrogen and oxygen atoms in total. The number of hydrogen-bond acceptors (Lipinski definition) is 4. The lowest BCUT2D eigenvalue weighted by molar-refractivity contribution is 0.124. The van der Waals surface area contributed by atoms with Gasteiger partial charge in [-0.15, -0.1) is 0 Å². The molecule has 1 heterocycles. The lowest BCUT2D eigenvalue weighted by Crippen LogP contribution is -2.33. The van der Waals surface area contributed by atoms with Crippen LogP contribution in [0, 0.1) is 0 Å². The summed E-state index contributed by atoms with van der Waals surface area (Å²) in [6.07, 6.45) is 3.53. The summed E-state index contributed by atoms with van der Waals surface area (Å²) in [4.78, 5) is 4.64. The average molecular weight is 369 g/mol. The highest BCUT2D eigenvalue weighted by atomic mass is 16.5. The fourth-order valence-corrected chi connectivity index (χ4v) is 3.66. The minimum Gasteiger partial charge on any atom is -0.492 e. The third-order valence-corrected chi connectivity index (χ3v) is 5.14. The van der Waals surface area contributed by atoms with Crippen molar-refractivity contribution < 1.29 is 9.84 Å². The Hall–Kier alpha value is -1.88. The molecule has 27 heavy (non-hydrogen) atoms. The van der Waals surface area contributed by atoms with Crippen molar-refractivity contribution in [3.63, 3.8) is 0 Å². The third kappa shape index (κ3) is 6.65. The molecule has 0 spiro atoms. The normalized spacial score (nSPS) is 16.4. The molecule has 2 aromatic carbocycles. The quantitative estimate of drug-likeness (QED) is 0.732. The van der Waals surface area contributed by atoms with Crippen LogP contribution in [0.15, 0.2) is 54.6 Å². The predicted octanol–water partition coefficient (Wildman–Crippen LogP) is 3.72. The van der Waals surface area contributed by atoms with E-state index in [9.17, 15) is 5.11 Å². The fraction of sp³-hybridized carbons (Fsp3) is 0.478. The molecule has 0 aromatic heterocycles. The first-order valence-corrected chi connectivity index (χ1v) is 10.1. The van der Waals surface area contributed by atoms with E-state index in [1.807, 2.05) is 49.5 Å². The van der Waals surface area contributed by atoms with E-state index in [1.54, 1.807) is 0 Å². The molecule has 0 radical (unpaired) electrons. The molecule has 1 aliphatic heterocycles. The monoisotopic (exact) mass is 368 g/mol. The molecule has 0 aliphatic carbocycles. The van der Waals surface area contributed by atoms with Gasteiger partial charge >= 0.3 is 0 Å². The van der Waals surface area contributed by atoms with E-state index in [0.717, 1.165) is 31.0 Å². The molecule has 4 heteroatoms. The van der Waals surface area contributed by atoms with E-state index in [1.165, 1.54) is 37.9 Å². The number of nitrogens with zero attached hydrogens (tertiary/aromatic N) is 2. The van der Waals surface area contributed by atoms with Gasteiger partial charge < -0.3 is 9.84 Å². The molecule has 146 valence electrons. The topological polar surface area (TPSA) is 35.9 Å².